The maximum absolute atomic E-state index is 12.2. The van der Waals surface area contributed by atoms with Gasteiger partial charge in [0.15, 0.2) is 18.1 Å². The lowest BCUT2D eigenvalue weighted by atomic mass is 10.2. The highest BCUT2D eigenvalue weighted by molar-refractivity contribution is 7.88. The average molecular weight is 420 g/mol. The molecule has 2 aromatic rings. The van der Waals surface area contributed by atoms with Crippen molar-refractivity contribution in [2.45, 2.75) is 19.6 Å². The highest BCUT2D eigenvalue weighted by Crippen LogP contribution is 2.35. The van der Waals surface area contributed by atoms with Crippen LogP contribution in [-0.2, 0) is 20.6 Å². The summed E-state index contributed by atoms with van der Waals surface area (Å²) in [6.07, 6.45) is 0. The van der Waals surface area contributed by atoms with Crippen LogP contribution in [0.15, 0.2) is 42.5 Å². The second-order valence-electron chi connectivity index (χ2n) is 7.05. The van der Waals surface area contributed by atoms with Crippen LogP contribution in [0.5, 0.6) is 17.2 Å². The number of amides is 1. The molecule has 0 saturated carbocycles. The van der Waals surface area contributed by atoms with E-state index in [1.807, 2.05) is 13.8 Å². The molecule has 2 N–H and O–H groups in total. The minimum Gasteiger partial charge on any atom is -0.484 e. The third-order valence-electron chi connectivity index (χ3n) is 3.99. The summed E-state index contributed by atoms with van der Waals surface area (Å²) in [4.78, 5) is 12.2. The summed E-state index contributed by atoms with van der Waals surface area (Å²) in [5, 5.41) is 2.71. The molecule has 0 radical (unpaired) electrons. The molecule has 8 nitrogen and oxygen atoms in total. The van der Waals surface area contributed by atoms with Crippen LogP contribution in [0.4, 0.5) is 5.69 Å². The number of benzene rings is 2. The Morgan fingerprint density at radius 1 is 1.14 bits per heavy atom. The van der Waals surface area contributed by atoms with E-state index in [9.17, 15) is 13.2 Å². The van der Waals surface area contributed by atoms with Crippen molar-refractivity contribution in [2.75, 3.05) is 25.3 Å². The van der Waals surface area contributed by atoms with Gasteiger partial charge >= 0.3 is 0 Å². The van der Waals surface area contributed by atoms with Gasteiger partial charge in [-0.2, -0.15) is 0 Å². The second-order valence-corrected chi connectivity index (χ2v) is 8.86. The molecule has 0 fully saturated rings. The lowest BCUT2D eigenvalue weighted by molar-refractivity contribution is -0.118. The van der Waals surface area contributed by atoms with E-state index in [2.05, 4.69) is 10.0 Å². The molecule has 1 aliphatic heterocycles. The fraction of sp³-hybridized carbons (Fsp3) is 0.350. The van der Waals surface area contributed by atoms with Gasteiger partial charge < -0.3 is 19.5 Å². The Morgan fingerprint density at radius 2 is 1.93 bits per heavy atom. The van der Waals surface area contributed by atoms with Crippen molar-refractivity contribution in [3.8, 4) is 17.2 Å². The molecule has 0 saturated heterocycles. The smallest absolute Gasteiger partial charge is 0.262 e. The maximum Gasteiger partial charge on any atom is 0.262 e. The third-order valence-corrected chi connectivity index (χ3v) is 5.31. The summed E-state index contributed by atoms with van der Waals surface area (Å²) >= 11 is 0. The first kappa shape index (κ1) is 20.9. The lowest BCUT2D eigenvalue weighted by Crippen LogP contribution is -2.28. The van der Waals surface area contributed by atoms with Crippen molar-refractivity contribution in [1.29, 1.82) is 0 Å². The topological polar surface area (TPSA) is 103 Å². The zero-order chi connectivity index (χ0) is 20.9. The van der Waals surface area contributed by atoms with Crippen LogP contribution >= 0.6 is 0 Å². The first-order valence-electron chi connectivity index (χ1n) is 9.19. The summed E-state index contributed by atoms with van der Waals surface area (Å²) < 4.78 is 42.8. The van der Waals surface area contributed by atoms with Gasteiger partial charge in [-0.15, -0.1) is 0 Å². The quantitative estimate of drug-likeness (QED) is 0.646. The molecule has 1 amide bonds. The van der Waals surface area contributed by atoms with Gasteiger partial charge in [-0.25, -0.2) is 13.1 Å². The van der Waals surface area contributed by atoms with Crippen LogP contribution in [0.1, 0.15) is 19.4 Å². The molecule has 1 aliphatic rings. The first-order valence-corrected chi connectivity index (χ1v) is 10.8. The fourth-order valence-corrected chi connectivity index (χ4v) is 3.92. The molecular formula is C20H24N2O6S. The number of sulfonamides is 1. The second kappa shape index (κ2) is 9.15. The van der Waals surface area contributed by atoms with E-state index in [0.29, 0.717) is 35.0 Å². The van der Waals surface area contributed by atoms with Crippen LogP contribution in [-0.4, -0.2) is 34.3 Å². The monoisotopic (exact) mass is 420 g/mol. The number of rotatable bonds is 9. The van der Waals surface area contributed by atoms with Gasteiger partial charge in [0.1, 0.15) is 5.75 Å². The van der Waals surface area contributed by atoms with Crippen molar-refractivity contribution in [3.05, 3.63) is 48.0 Å². The van der Waals surface area contributed by atoms with E-state index in [1.54, 1.807) is 42.5 Å². The van der Waals surface area contributed by atoms with Gasteiger partial charge in [-0.1, -0.05) is 26.0 Å². The highest BCUT2D eigenvalue weighted by atomic mass is 32.2. The van der Waals surface area contributed by atoms with Crippen molar-refractivity contribution in [1.82, 2.24) is 4.72 Å². The zero-order valence-corrected chi connectivity index (χ0v) is 17.1. The average Bonchev–Trinajstić information content (AvgIpc) is 3.12. The molecule has 2 aromatic carbocycles. The third kappa shape index (κ3) is 6.37. The number of carbonyl (C=O) groups is 1. The molecule has 156 valence electrons. The molecule has 0 spiro atoms. The summed E-state index contributed by atoms with van der Waals surface area (Å²) in [5.74, 6) is 1.40. The zero-order valence-electron chi connectivity index (χ0n) is 16.3. The number of nitrogens with one attached hydrogen (secondary N) is 2. The molecular weight excluding hydrogens is 396 g/mol. The molecule has 0 bridgehead atoms. The van der Waals surface area contributed by atoms with Crippen LogP contribution in [0.2, 0.25) is 0 Å². The number of hydrogen-bond acceptors (Lipinski definition) is 6. The predicted molar refractivity (Wildman–Crippen MR) is 109 cm³/mol. The largest absolute Gasteiger partial charge is 0.484 e. The molecule has 1 heterocycles. The predicted octanol–water partition coefficient (Wildman–Crippen LogP) is 2.51. The van der Waals surface area contributed by atoms with E-state index in [1.165, 1.54) is 0 Å². The summed E-state index contributed by atoms with van der Waals surface area (Å²) in [7, 11) is -3.44. The van der Waals surface area contributed by atoms with E-state index >= 15 is 0 Å². The lowest BCUT2D eigenvalue weighted by Gasteiger charge is -2.11. The number of fused-ring (bicyclic) bond motifs is 1. The fourth-order valence-electron chi connectivity index (χ4n) is 2.62. The molecule has 0 aromatic heterocycles. The molecule has 29 heavy (non-hydrogen) atoms. The molecule has 0 atom stereocenters. The Morgan fingerprint density at radius 3 is 2.72 bits per heavy atom. The van der Waals surface area contributed by atoms with Gasteiger partial charge in [0.2, 0.25) is 16.8 Å². The first-order chi connectivity index (χ1) is 13.8. The van der Waals surface area contributed by atoms with E-state index in [-0.39, 0.29) is 31.0 Å². The number of anilines is 1. The normalized spacial score (nSPS) is 12.8. The van der Waals surface area contributed by atoms with E-state index in [4.69, 9.17) is 14.2 Å². The number of carbonyl (C=O) groups excluding carboxylic acids is 1. The Balaban J connectivity index is 1.53. The minimum absolute atomic E-state index is 0.156. The van der Waals surface area contributed by atoms with Gasteiger partial charge in [0.05, 0.1) is 5.75 Å². The van der Waals surface area contributed by atoms with Crippen molar-refractivity contribution in [2.24, 2.45) is 5.92 Å². The van der Waals surface area contributed by atoms with Crippen LogP contribution in [0.3, 0.4) is 0 Å². The Labute approximate surface area is 170 Å². The van der Waals surface area contributed by atoms with Gasteiger partial charge in [0, 0.05) is 18.3 Å². The number of ether oxygens (including phenoxy) is 3. The van der Waals surface area contributed by atoms with Gasteiger partial charge in [-0.05, 0) is 35.7 Å². The summed E-state index contributed by atoms with van der Waals surface area (Å²) in [6, 6.07) is 11.8. The maximum atomic E-state index is 12.2. The molecule has 0 unspecified atom stereocenters. The van der Waals surface area contributed by atoms with Gasteiger partial charge in [0.25, 0.3) is 5.91 Å². The van der Waals surface area contributed by atoms with Crippen molar-refractivity contribution >= 4 is 21.6 Å². The SMILES string of the molecule is CC(C)CNS(=O)(=O)Cc1cccc(NC(=O)COc2ccc3c(c2)OCO3)c1. The van der Waals surface area contributed by atoms with E-state index in [0.717, 1.165) is 0 Å². The number of hydrogen-bond donors (Lipinski definition) is 2. The highest BCUT2D eigenvalue weighted by Gasteiger charge is 2.15. The van der Waals surface area contributed by atoms with Crippen LogP contribution in [0.25, 0.3) is 0 Å². The standard InChI is InChI=1S/C20H24N2O6S/c1-14(2)10-21-29(24,25)12-15-4-3-5-16(8-15)22-20(23)11-26-17-6-7-18-19(9-17)28-13-27-18/h3-9,14,21H,10-13H2,1-2H3,(H,22,23). The van der Waals surface area contributed by atoms with Crippen LogP contribution < -0.4 is 24.2 Å². The van der Waals surface area contributed by atoms with Crippen molar-refractivity contribution < 1.29 is 27.4 Å². The van der Waals surface area contributed by atoms with E-state index < -0.39 is 10.0 Å². The Kier molecular flexibility index (Phi) is 6.60. The van der Waals surface area contributed by atoms with Gasteiger partial charge in [-0.3, -0.25) is 4.79 Å². The minimum atomic E-state index is -3.44. The summed E-state index contributed by atoms with van der Waals surface area (Å²) in [5.41, 5.74) is 1.08. The molecule has 9 heteroatoms. The van der Waals surface area contributed by atoms with Crippen molar-refractivity contribution in [3.63, 3.8) is 0 Å². The molecule has 0 aliphatic carbocycles. The summed E-state index contributed by atoms with van der Waals surface area (Å²) in [6.45, 7) is 4.22. The Hall–Kier alpha value is -2.78. The molecule has 3 rings (SSSR count). The van der Waals surface area contributed by atoms with Crippen LogP contribution in [0, 0.1) is 5.92 Å². The Bertz CT molecular complexity index is 975.